The molecule has 0 amide bonds. The minimum atomic E-state index is -0.888. The number of aromatic nitrogens is 1. The molecular formula is C16H26N2O2. The lowest BCUT2D eigenvalue weighted by atomic mass is 10.1. The molecule has 0 aliphatic heterocycles. The quantitative estimate of drug-likeness (QED) is 0.788. The van der Waals surface area contributed by atoms with Gasteiger partial charge < -0.3 is 10.0 Å². The standard InChI is InChI=1S/C16H26N2O2/c1-12(2)6-9-18(10-7-13(3)4)15-11-17-8-5-14(15)16(19)20/h5,8,11-13H,6-7,9-10H2,1-4H3,(H,19,20). The van der Waals surface area contributed by atoms with Crippen LogP contribution in [0.1, 0.15) is 50.9 Å². The molecule has 112 valence electrons. The summed E-state index contributed by atoms with van der Waals surface area (Å²) in [5.41, 5.74) is 1.08. The van der Waals surface area contributed by atoms with Crippen molar-refractivity contribution in [3.63, 3.8) is 0 Å². The molecule has 0 aliphatic rings. The monoisotopic (exact) mass is 278 g/mol. The molecular weight excluding hydrogens is 252 g/mol. The van der Waals surface area contributed by atoms with Gasteiger partial charge >= 0.3 is 5.97 Å². The third-order valence-electron chi connectivity index (χ3n) is 3.32. The van der Waals surface area contributed by atoms with E-state index in [-0.39, 0.29) is 0 Å². The van der Waals surface area contributed by atoms with E-state index in [1.54, 1.807) is 12.3 Å². The Bertz CT molecular complexity index is 418. The van der Waals surface area contributed by atoms with E-state index < -0.39 is 5.97 Å². The van der Waals surface area contributed by atoms with Crippen molar-refractivity contribution in [2.45, 2.75) is 40.5 Å². The Morgan fingerprint density at radius 3 is 2.20 bits per heavy atom. The number of aromatic carboxylic acids is 1. The Morgan fingerprint density at radius 1 is 1.20 bits per heavy atom. The third kappa shape index (κ3) is 5.19. The third-order valence-corrected chi connectivity index (χ3v) is 3.32. The van der Waals surface area contributed by atoms with Crippen LogP contribution in [0.2, 0.25) is 0 Å². The zero-order valence-corrected chi connectivity index (χ0v) is 13.0. The first-order chi connectivity index (χ1) is 9.41. The normalized spacial score (nSPS) is 11.1. The van der Waals surface area contributed by atoms with E-state index in [0.29, 0.717) is 17.4 Å². The molecule has 0 spiro atoms. The van der Waals surface area contributed by atoms with Crippen LogP contribution in [0.15, 0.2) is 18.5 Å². The molecule has 1 heterocycles. The second kappa shape index (κ2) is 7.88. The molecule has 1 aromatic heterocycles. The average Bonchev–Trinajstić information content (AvgIpc) is 2.38. The van der Waals surface area contributed by atoms with Gasteiger partial charge in [-0.2, -0.15) is 0 Å². The molecule has 4 nitrogen and oxygen atoms in total. The highest BCUT2D eigenvalue weighted by Gasteiger charge is 2.16. The van der Waals surface area contributed by atoms with Gasteiger partial charge in [0.25, 0.3) is 0 Å². The van der Waals surface area contributed by atoms with Crippen molar-refractivity contribution in [1.29, 1.82) is 0 Å². The van der Waals surface area contributed by atoms with Crippen LogP contribution in [0.4, 0.5) is 5.69 Å². The Labute approximate surface area is 121 Å². The van der Waals surface area contributed by atoms with Crippen LogP contribution in [0.5, 0.6) is 0 Å². The van der Waals surface area contributed by atoms with Crippen molar-refractivity contribution in [3.05, 3.63) is 24.0 Å². The highest BCUT2D eigenvalue weighted by atomic mass is 16.4. The molecule has 1 N–H and O–H groups in total. The molecule has 0 atom stereocenters. The number of hydrogen-bond donors (Lipinski definition) is 1. The van der Waals surface area contributed by atoms with Crippen molar-refractivity contribution < 1.29 is 9.90 Å². The van der Waals surface area contributed by atoms with Crippen LogP contribution in [0, 0.1) is 11.8 Å². The van der Waals surface area contributed by atoms with E-state index in [0.717, 1.165) is 31.6 Å². The summed E-state index contributed by atoms with van der Waals surface area (Å²) in [5, 5.41) is 9.31. The number of nitrogens with zero attached hydrogens (tertiary/aromatic N) is 2. The van der Waals surface area contributed by atoms with E-state index in [1.165, 1.54) is 6.20 Å². The van der Waals surface area contributed by atoms with Crippen molar-refractivity contribution in [3.8, 4) is 0 Å². The predicted octanol–water partition coefficient (Wildman–Crippen LogP) is 3.68. The van der Waals surface area contributed by atoms with Gasteiger partial charge in [0, 0.05) is 19.3 Å². The van der Waals surface area contributed by atoms with E-state index in [9.17, 15) is 9.90 Å². The molecule has 0 aromatic carbocycles. The largest absolute Gasteiger partial charge is 0.478 e. The van der Waals surface area contributed by atoms with Crippen molar-refractivity contribution in [2.24, 2.45) is 11.8 Å². The van der Waals surface area contributed by atoms with Gasteiger partial charge in [0.15, 0.2) is 0 Å². The number of pyridine rings is 1. The second-order valence-corrected chi connectivity index (χ2v) is 6.05. The summed E-state index contributed by atoms with van der Waals surface area (Å²) in [6.07, 6.45) is 5.30. The molecule has 0 radical (unpaired) electrons. The van der Waals surface area contributed by atoms with Gasteiger partial charge in [-0.1, -0.05) is 27.7 Å². The van der Waals surface area contributed by atoms with Gasteiger partial charge in [-0.15, -0.1) is 0 Å². The van der Waals surface area contributed by atoms with Crippen LogP contribution >= 0.6 is 0 Å². The fraction of sp³-hybridized carbons (Fsp3) is 0.625. The lowest BCUT2D eigenvalue weighted by molar-refractivity contribution is 0.0697. The Morgan fingerprint density at radius 2 is 1.75 bits per heavy atom. The van der Waals surface area contributed by atoms with Crippen LogP contribution in [-0.2, 0) is 0 Å². The van der Waals surface area contributed by atoms with Crippen molar-refractivity contribution in [1.82, 2.24) is 4.98 Å². The topological polar surface area (TPSA) is 53.4 Å². The second-order valence-electron chi connectivity index (χ2n) is 6.05. The number of rotatable bonds is 8. The minimum Gasteiger partial charge on any atom is -0.478 e. The Hall–Kier alpha value is -1.58. The number of carboxylic acid groups (broad SMARTS) is 1. The fourth-order valence-electron chi connectivity index (χ4n) is 2.00. The Balaban J connectivity index is 2.93. The summed E-state index contributed by atoms with van der Waals surface area (Å²) in [6.45, 7) is 10.5. The van der Waals surface area contributed by atoms with Gasteiger partial charge in [-0.25, -0.2) is 4.79 Å². The molecule has 1 rings (SSSR count). The van der Waals surface area contributed by atoms with Crippen molar-refractivity contribution >= 4 is 11.7 Å². The zero-order chi connectivity index (χ0) is 15.1. The van der Waals surface area contributed by atoms with E-state index in [4.69, 9.17) is 0 Å². The Kier molecular flexibility index (Phi) is 6.49. The summed E-state index contributed by atoms with van der Waals surface area (Å²) in [5.74, 6) is 0.310. The van der Waals surface area contributed by atoms with Crippen LogP contribution in [0.3, 0.4) is 0 Å². The lowest BCUT2D eigenvalue weighted by Crippen LogP contribution is -2.29. The zero-order valence-electron chi connectivity index (χ0n) is 13.0. The van der Waals surface area contributed by atoms with Crippen molar-refractivity contribution in [2.75, 3.05) is 18.0 Å². The first kappa shape index (κ1) is 16.5. The number of carboxylic acids is 1. The van der Waals surface area contributed by atoms with Gasteiger partial charge in [0.2, 0.25) is 0 Å². The lowest BCUT2D eigenvalue weighted by Gasteiger charge is -2.27. The highest BCUT2D eigenvalue weighted by Crippen LogP contribution is 2.21. The molecule has 0 unspecified atom stereocenters. The highest BCUT2D eigenvalue weighted by molar-refractivity contribution is 5.94. The van der Waals surface area contributed by atoms with Gasteiger partial charge in [0.05, 0.1) is 17.4 Å². The molecule has 4 heteroatoms. The molecule has 0 saturated heterocycles. The number of anilines is 1. The molecule has 0 bridgehead atoms. The van der Waals surface area contributed by atoms with Crippen LogP contribution in [-0.4, -0.2) is 29.1 Å². The number of carbonyl (C=O) groups is 1. The van der Waals surface area contributed by atoms with Gasteiger partial charge in [0.1, 0.15) is 0 Å². The molecule has 20 heavy (non-hydrogen) atoms. The molecule has 0 aliphatic carbocycles. The summed E-state index contributed by atoms with van der Waals surface area (Å²) in [7, 11) is 0. The summed E-state index contributed by atoms with van der Waals surface area (Å²) < 4.78 is 0. The SMILES string of the molecule is CC(C)CCN(CCC(C)C)c1cnccc1C(=O)O. The van der Waals surface area contributed by atoms with E-state index in [1.807, 2.05) is 0 Å². The maximum atomic E-state index is 11.3. The maximum absolute atomic E-state index is 11.3. The van der Waals surface area contributed by atoms with Gasteiger partial charge in [-0.05, 0) is 30.7 Å². The first-order valence-electron chi connectivity index (χ1n) is 7.34. The summed E-state index contributed by atoms with van der Waals surface area (Å²) in [4.78, 5) is 17.6. The van der Waals surface area contributed by atoms with E-state index in [2.05, 4.69) is 37.6 Å². The van der Waals surface area contributed by atoms with Crippen LogP contribution < -0.4 is 4.90 Å². The van der Waals surface area contributed by atoms with E-state index >= 15 is 0 Å². The fourth-order valence-corrected chi connectivity index (χ4v) is 2.00. The summed E-state index contributed by atoms with van der Waals surface area (Å²) in [6, 6.07) is 1.58. The summed E-state index contributed by atoms with van der Waals surface area (Å²) >= 11 is 0. The first-order valence-corrected chi connectivity index (χ1v) is 7.34. The molecule has 0 saturated carbocycles. The minimum absolute atomic E-state index is 0.340. The maximum Gasteiger partial charge on any atom is 0.337 e. The number of hydrogen-bond acceptors (Lipinski definition) is 3. The molecule has 0 fully saturated rings. The molecule has 1 aromatic rings. The average molecular weight is 278 g/mol. The van der Waals surface area contributed by atoms with Crippen LogP contribution in [0.25, 0.3) is 0 Å². The van der Waals surface area contributed by atoms with Gasteiger partial charge in [-0.3, -0.25) is 4.98 Å². The predicted molar refractivity (Wildman–Crippen MR) is 82.3 cm³/mol. The smallest absolute Gasteiger partial charge is 0.337 e.